The lowest BCUT2D eigenvalue weighted by atomic mass is 9.83. The van der Waals surface area contributed by atoms with Crippen LogP contribution >= 0.6 is 11.6 Å². The van der Waals surface area contributed by atoms with Crippen LogP contribution in [0, 0.1) is 5.92 Å². The zero-order chi connectivity index (χ0) is 21.8. The van der Waals surface area contributed by atoms with E-state index in [1.165, 1.54) is 11.1 Å². The SMILES string of the molecule is CCN1CCc2cc(OC)c(OC)cc2C1C(NC(=O)c1ccc(Cl)cc1)C(C)C. The minimum absolute atomic E-state index is 0.0507. The highest BCUT2D eigenvalue weighted by Gasteiger charge is 2.36. The molecule has 0 aromatic heterocycles. The third-order valence-corrected chi connectivity index (χ3v) is 6.15. The normalized spacial score (nSPS) is 17.4. The molecule has 1 N–H and O–H groups in total. The summed E-state index contributed by atoms with van der Waals surface area (Å²) in [5.74, 6) is 1.60. The van der Waals surface area contributed by atoms with Crippen LogP contribution in [-0.4, -0.2) is 44.2 Å². The summed E-state index contributed by atoms with van der Waals surface area (Å²) in [6.45, 7) is 8.30. The van der Waals surface area contributed by atoms with Crippen LogP contribution < -0.4 is 14.8 Å². The molecule has 2 unspecified atom stereocenters. The number of ether oxygens (including phenoxy) is 2. The van der Waals surface area contributed by atoms with E-state index >= 15 is 0 Å². The minimum Gasteiger partial charge on any atom is -0.493 e. The molecule has 3 rings (SSSR count). The first-order chi connectivity index (χ1) is 14.4. The van der Waals surface area contributed by atoms with Crippen LogP contribution in [0.5, 0.6) is 11.5 Å². The maximum atomic E-state index is 13.0. The largest absolute Gasteiger partial charge is 0.493 e. The molecule has 30 heavy (non-hydrogen) atoms. The molecule has 0 radical (unpaired) electrons. The predicted octanol–water partition coefficient (Wildman–Crippen LogP) is 4.73. The number of carbonyl (C=O) groups excluding carboxylic acids is 1. The summed E-state index contributed by atoms with van der Waals surface area (Å²) in [5, 5.41) is 3.91. The van der Waals surface area contributed by atoms with Gasteiger partial charge in [0.1, 0.15) is 0 Å². The van der Waals surface area contributed by atoms with Gasteiger partial charge in [-0.1, -0.05) is 32.4 Å². The molecule has 0 aliphatic carbocycles. The lowest BCUT2D eigenvalue weighted by Crippen LogP contribution is -2.51. The molecule has 0 saturated heterocycles. The molecular weight excluding hydrogens is 400 g/mol. The number of benzene rings is 2. The average molecular weight is 431 g/mol. The number of hydrogen-bond donors (Lipinski definition) is 1. The maximum Gasteiger partial charge on any atom is 0.251 e. The first-order valence-electron chi connectivity index (χ1n) is 10.4. The molecule has 0 bridgehead atoms. The number of rotatable bonds is 7. The summed E-state index contributed by atoms with van der Waals surface area (Å²) in [6, 6.07) is 11.1. The third kappa shape index (κ3) is 4.57. The molecule has 1 aliphatic rings. The number of nitrogens with one attached hydrogen (secondary N) is 1. The van der Waals surface area contributed by atoms with Crippen molar-refractivity contribution in [3.05, 3.63) is 58.1 Å². The molecule has 1 amide bonds. The number of methoxy groups -OCH3 is 2. The van der Waals surface area contributed by atoms with Crippen molar-refractivity contribution >= 4 is 17.5 Å². The second-order valence-corrected chi connectivity index (χ2v) is 8.42. The fraction of sp³-hybridized carbons (Fsp3) is 0.458. The van der Waals surface area contributed by atoms with Crippen molar-refractivity contribution in [1.82, 2.24) is 10.2 Å². The molecule has 1 aliphatic heterocycles. The van der Waals surface area contributed by atoms with Crippen LogP contribution in [0.3, 0.4) is 0 Å². The zero-order valence-corrected chi connectivity index (χ0v) is 19.1. The van der Waals surface area contributed by atoms with E-state index in [0.29, 0.717) is 16.3 Å². The van der Waals surface area contributed by atoms with Gasteiger partial charge in [-0.05, 0) is 66.4 Å². The van der Waals surface area contributed by atoms with E-state index in [2.05, 4.69) is 43.1 Å². The summed E-state index contributed by atoms with van der Waals surface area (Å²) in [7, 11) is 3.31. The van der Waals surface area contributed by atoms with Crippen molar-refractivity contribution in [3.63, 3.8) is 0 Å². The van der Waals surface area contributed by atoms with Crippen molar-refractivity contribution in [2.75, 3.05) is 27.3 Å². The van der Waals surface area contributed by atoms with Crippen LogP contribution in [0.1, 0.15) is 48.3 Å². The van der Waals surface area contributed by atoms with Gasteiger partial charge in [-0.2, -0.15) is 0 Å². The summed E-state index contributed by atoms with van der Waals surface area (Å²) < 4.78 is 11.1. The lowest BCUT2D eigenvalue weighted by Gasteiger charge is -2.43. The van der Waals surface area contributed by atoms with E-state index < -0.39 is 0 Å². The van der Waals surface area contributed by atoms with Crippen LogP contribution in [0.2, 0.25) is 5.02 Å². The van der Waals surface area contributed by atoms with Gasteiger partial charge in [0.25, 0.3) is 5.91 Å². The van der Waals surface area contributed by atoms with Gasteiger partial charge < -0.3 is 14.8 Å². The Balaban J connectivity index is 2.00. The second kappa shape index (κ2) is 9.71. The fourth-order valence-corrected chi connectivity index (χ4v) is 4.38. The smallest absolute Gasteiger partial charge is 0.251 e. The van der Waals surface area contributed by atoms with Gasteiger partial charge in [-0.25, -0.2) is 0 Å². The minimum atomic E-state index is -0.0889. The number of fused-ring (bicyclic) bond motifs is 1. The topological polar surface area (TPSA) is 50.8 Å². The van der Waals surface area contributed by atoms with E-state index in [1.54, 1.807) is 38.5 Å². The number of likely N-dealkylation sites (N-methyl/N-ethyl adjacent to an activating group) is 1. The van der Waals surface area contributed by atoms with E-state index in [4.69, 9.17) is 21.1 Å². The van der Waals surface area contributed by atoms with E-state index in [-0.39, 0.29) is 23.9 Å². The van der Waals surface area contributed by atoms with Crippen molar-refractivity contribution in [3.8, 4) is 11.5 Å². The van der Waals surface area contributed by atoms with Gasteiger partial charge in [0.2, 0.25) is 0 Å². The lowest BCUT2D eigenvalue weighted by molar-refractivity contribution is 0.0834. The molecular formula is C24H31ClN2O3. The first kappa shape index (κ1) is 22.4. The van der Waals surface area contributed by atoms with Crippen LogP contribution in [-0.2, 0) is 6.42 Å². The number of nitrogens with zero attached hydrogens (tertiary/aromatic N) is 1. The highest BCUT2D eigenvalue weighted by atomic mass is 35.5. The van der Waals surface area contributed by atoms with Crippen molar-refractivity contribution in [2.24, 2.45) is 5.92 Å². The van der Waals surface area contributed by atoms with Gasteiger partial charge in [0.05, 0.1) is 26.3 Å². The molecule has 2 aromatic carbocycles. The number of carbonyl (C=O) groups is 1. The number of hydrogen-bond acceptors (Lipinski definition) is 4. The quantitative estimate of drug-likeness (QED) is 0.689. The second-order valence-electron chi connectivity index (χ2n) is 7.98. The van der Waals surface area contributed by atoms with Crippen LogP contribution in [0.15, 0.2) is 36.4 Å². The van der Waals surface area contributed by atoms with Crippen LogP contribution in [0.4, 0.5) is 0 Å². The molecule has 2 aromatic rings. The summed E-state index contributed by atoms with van der Waals surface area (Å²) >= 11 is 5.98. The molecule has 162 valence electrons. The Morgan fingerprint density at radius 2 is 1.80 bits per heavy atom. The Bertz CT molecular complexity index is 883. The van der Waals surface area contributed by atoms with Crippen molar-refractivity contribution in [1.29, 1.82) is 0 Å². The Hall–Kier alpha value is -2.24. The number of amides is 1. The summed E-state index contributed by atoms with van der Waals surface area (Å²) in [6.07, 6.45) is 0.940. The standard InChI is InChI=1S/C24H31ClN2O3/c1-6-27-12-11-17-13-20(29-4)21(30-5)14-19(17)23(27)22(15(2)3)26-24(28)16-7-9-18(25)10-8-16/h7-10,13-15,22-23H,6,11-12H2,1-5H3,(H,26,28). The molecule has 2 atom stereocenters. The van der Waals surface area contributed by atoms with Crippen molar-refractivity contribution in [2.45, 2.75) is 39.3 Å². The average Bonchev–Trinajstić information content (AvgIpc) is 2.75. The molecule has 5 nitrogen and oxygen atoms in total. The Kier molecular flexibility index (Phi) is 7.27. The highest BCUT2D eigenvalue weighted by molar-refractivity contribution is 6.30. The molecule has 0 spiro atoms. The first-order valence-corrected chi connectivity index (χ1v) is 10.8. The van der Waals surface area contributed by atoms with E-state index in [0.717, 1.165) is 25.3 Å². The molecule has 0 saturated carbocycles. The van der Waals surface area contributed by atoms with Gasteiger partial charge in [-0.3, -0.25) is 9.69 Å². The predicted molar refractivity (Wildman–Crippen MR) is 121 cm³/mol. The van der Waals surface area contributed by atoms with Gasteiger partial charge in [0, 0.05) is 17.1 Å². The van der Waals surface area contributed by atoms with E-state index in [9.17, 15) is 4.79 Å². The Morgan fingerprint density at radius 1 is 1.17 bits per heavy atom. The summed E-state index contributed by atoms with van der Waals surface area (Å²) in [5.41, 5.74) is 3.04. The van der Waals surface area contributed by atoms with Gasteiger partial charge >= 0.3 is 0 Å². The third-order valence-electron chi connectivity index (χ3n) is 5.89. The van der Waals surface area contributed by atoms with Gasteiger partial charge in [0.15, 0.2) is 11.5 Å². The molecule has 0 fully saturated rings. The van der Waals surface area contributed by atoms with Crippen molar-refractivity contribution < 1.29 is 14.3 Å². The zero-order valence-electron chi connectivity index (χ0n) is 18.4. The van der Waals surface area contributed by atoms with Crippen LogP contribution in [0.25, 0.3) is 0 Å². The Labute approximate surface area is 184 Å². The fourth-order valence-electron chi connectivity index (χ4n) is 4.25. The van der Waals surface area contributed by atoms with Gasteiger partial charge in [-0.15, -0.1) is 0 Å². The summed E-state index contributed by atoms with van der Waals surface area (Å²) in [4.78, 5) is 15.5. The Morgan fingerprint density at radius 3 is 2.37 bits per heavy atom. The molecule has 1 heterocycles. The maximum absolute atomic E-state index is 13.0. The number of halogens is 1. The monoisotopic (exact) mass is 430 g/mol. The highest BCUT2D eigenvalue weighted by Crippen LogP contribution is 2.40. The molecule has 6 heteroatoms. The van der Waals surface area contributed by atoms with E-state index in [1.807, 2.05) is 0 Å².